The number of nitrogens with zero attached hydrogens (tertiary/aromatic N) is 2. The van der Waals surface area contributed by atoms with Crippen LogP contribution in [0, 0.1) is 0 Å². The van der Waals surface area contributed by atoms with Crippen LogP contribution in [0.1, 0.15) is 0 Å². The van der Waals surface area contributed by atoms with E-state index in [2.05, 4.69) is 34.0 Å². The van der Waals surface area contributed by atoms with Crippen LogP contribution in [0.3, 0.4) is 0 Å². The van der Waals surface area contributed by atoms with E-state index in [1.54, 1.807) is 0 Å². The molecule has 3 heteroatoms. The summed E-state index contributed by atoms with van der Waals surface area (Å²) < 4.78 is 0. The number of rotatable bonds is 0. The highest BCUT2D eigenvalue weighted by Gasteiger charge is 2.19. The molecule has 2 aromatic carbocycles. The maximum Gasteiger partial charge on any atom is 0.331 e. The van der Waals surface area contributed by atoms with Crippen LogP contribution in [-0.4, -0.2) is 0 Å². The number of nitrogens with one attached hydrogen (secondary N) is 1. The molecule has 0 amide bonds. The SMILES string of the molecule is c1ccc2c3c(ccc2c1)N=[N+]N3. The van der Waals surface area contributed by atoms with Crippen LogP contribution < -0.4 is 10.6 Å². The molecule has 0 unspecified atom stereocenters. The van der Waals surface area contributed by atoms with Gasteiger partial charge in [-0.05, 0) is 11.5 Å². The summed E-state index contributed by atoms with van der Waals surface area (Å²) in [6.07, 6.45) is 0. The van der Waals surface area contributed by atoms with Crippen LogP contribution in [0.15, 0.2) is 41.5 Å². The molecule has 61 valence electrons. The lowest BCUT2D eigenvalue weighted by Gasteiger charge is -1.97. The van der Waals surface area contributed by atoms with Crippen molar-refractivity contribution >= 4 is 22.1 Å². The van der Waals surface area contributed by atoms with E-state index in [9.17, 15) is 0 Å². The predicted molar refractivity (Wildman–Crippen MR) is 51.8 cm³/mol. The zero-order chi connectivity index (χ0) is 8.67. The smallest absolute Gasteiger partial charge is 0.0680 e. The molecule has 0 aliphatic carbocycles. The number of fused-ring (bicyclic) bond motifs is 3. The van der Waals surface area contributed by atoms with Crippen molar-refractivity contribution in [2.45, 2.75) is 0 Å². The highest BCUT2D eigenvalue weighted by molar-refractivity contribution is 5.99. The average Bonchev–Trinajstić information content (AvgIpc) is 2.65. The van der Waals surface area contributed by atoms with Gasteiger partial charge in [0.1, 0.15) is 10.8 Å². The Hall–Kier alpha value is -1.90. The van der Waals surface area contributed by atoms with E-state index < -0.39 is 0 Å². The molecular weight excluding hydrogens is 162 g/mol. The first-order valence-electron chi connectivity index (χ1n) is 4.14. The molecule has 0 spiro atoms. The van der Waals surface area contributed by atoms with Gasteiger partial charge in [0, 0.05) is 5.39 Å². The topological polar surface area (TPSA) is 38.5 Å². The summed E-state index contributed by atoms with van der Waals surface area (Å²) in [5.74, 6) is 0. The molecule has 0 fully saturated rings. The molecule has 0 aromatic heterocycles. The second-order valence-corrected chi connectivity index (χ2v) is 2.99. The molecule has 0 saturated heterocycles. The monoisotopic (exact) mass is 169 g/mol. The third-order valence-electron chi connectivity index (χ3n) is 2.23. The maximum atomic E-state index is 3.96. The van der Waals surface area contributed by atoms with E-state index in [0.717, 1.165) is 11.4 Å². The van der Waals surface area contributed by atoms with Gasteiger partial charge in [0.15, 0.2) is 5.69 Å². The summed E-state index contributed by atoms with van der Waals surface area (Å²) in [6, 6.07) is 12.2. The van der Waals surface area contributed by atoms with Crippen molar-refractivity contribution in [3.63, 3.8) is 0 Å². The van der Waals surface area contributed by atoms with E-state index in [-0.39, 0.29) is 0 Å². The molecule has 2 aromatic rings. The zero-order valence-electron chi connectivity index (χ0n) is 6.86. The lowest BCUT2D eigenvalue weighted by molar-refractivity contribution is 1.07. The summed E-state index contributed by atoms with van der Waals surface area (Å²) in [7, 11) is 0. The van der Waals surface area contributed by atoms with Crippen LogP contribution in [-0.2, 0) is 0 Å². The average molecular weight is 169 g/mol. The quantitative estimate of drug-likeness (QED) is 0.646. The Balaban J connectivity index is 2.46. The molecule has 1 aliphatic heterocycles. The third kappa shape index (κ3) is 0.839. The first-order chi connectivity index (χ1) is 6.45. The molecule has 1 radical (unpaired) electrons. The van der Waals surface area contributed by atoms with Gasteiger partial charge < -0.3 is 0 Å². The van der Waals surface area contributed by atoms with Gasteiger partial charge in [0.25, 0.3) is 0 Å². The predicted octanol–water partition coefficient (Wildman–Crippen LogP) is 2.60. The summed E-state index contributed by atoms with van der Waals surface area (Å²) in [4.78, 5) is 0. The minimum absolute atomic E-state index is 0.915. The van der Waals surface area contributed by atoms with Gasteiger partial charge in [0.2, 0.25) is 0 Å². The number of hydrogen-bond acceptors (Lipinski definition) is 3. The Labute approximate surface area is 75.1 Å². The van der Waals surface area contributed by atoms with Crippen molar-refractivity contribution in [1.82, 2.24) is 5.22 Å². The lowest BCUT2D eigenvalue weighted by atomic mass is 10.1. The van der Waals surface area contributed by atoms with E-state index >= 15 is 0 Å². The van der Waals surface area contributed by atoms with Gasteiger partial charge in [-0.15, -0.1) is 0 Å². The molecule has 0 bridgehead atoms. The summed E-state index contributed by atoms with van der Waals surface area (Å²) in [5, 5.41) is 10.1. The van der Waals surface area contributed by atoms with Crippen molar-refractivity contribution in [2.24, 2.45) is 5.11 Å². The minimum atomic E-state index is 0.915. The number of anilines is 1. The Kier molecular flexibility index (Phi) is 1.16. The van der Waals surface area contributed by atoms with Gasteiger partial charge in [0.05, 0.1) is 0 Å². The van der Waals surface area contributed by atoms with E-state index in [0.29, 0.717) is 0 Å². The van der Waals surface area contributed by atoms with Crippen molar-refractivity contribution in [3.8, 4) is 0 Å². The van der Waals surface area contributed by atoms with Crippen molar-refractivity contribution in [3.05, 3.63) is 36.4 Å². The highest BCUT2D eigenvalue weighted by atomic mass is 15.5. The first-order valence-corrected chi connectivity index (χ1v) is 4.14. The summed E-state index contributed by atoms with van der Waals surface area (Å²) in [6.45, 7) is 0. The Morgan fingerprint density at radius 2 is 2.00 bits per heavy atom. The molecule has 0 atom stereocenters. The Bertz CT molecular complexity index is 502. The van der Waals surface area contributed by atoms with Gasteiger partial charge in [-0.1, -0.05) is 35.8 Å². The Morgan fingerprint density at radius 3 is 3.00 bits per heavy atom. The van der Waals surface area contributed by atoms with Crippen molar-refractivity contribution in [1.29, 1.82) is 0 Å². The van der Waals surface area contributed by atoms with Crippen molar-refractivity contribution < 1.29 is 0 Å². The second-order valence-electron chi connectivity index (χ2n) is 2.99. The zero-order valence-corrected chi connectivity index (χ0v) is 6.86. The fourth-order valence-electron chi connectivity index (χ4n) is 1.59. The van der Waals surface area contributed by atoms with Crippen molar-refractivity contribution in [2.75, 3.05) is 5.43 Å². The van der Waals surface area contributed by atoms with E-state index in [1.807, 2.05) is 18.2 Å². The second kappa shape index (κ2) is 2.29. The fourth-order valence-corrected chi connectivity index (χ4v) is 1.59. The first kappa shape index (κ1) is 6.60. The van der Waals surface area contributed by atoms with E-state index in [4.69, 9.17) is 0 Å². The van der Waals surface area contributed by atoms with E-state index in [1.165, 1.54) is 10.8 Å². The van der Waals surface area contributed by atoms with Gasteiger partial charge >= 0.3 is 5.22 Å². The molecule has 1 heterocycles. The number of benzene rings is 2. The van der Waals surface area contributed by atoms with Gasteiger partial charge in [-0.2, -0.15) is 0 Å². The fraction of sp³-hybridized carbons (Fsp3) is 0. The van der Waals surface area contributed by atoms with Crippen LogP contribution in [0.4, 0.5) is 11.4 Å². The molecular formula is C10H7N3+. The molecule has 13 heavy (non-hydrogen) atoms. The lowest BCUT2D eigenvalue weighted by Crippen LogP contribution is -1.92. The molecule has 3 nitrogen and oxygen atoms in total. The largest absolute Gasteiger partial charge is 0.331 e. The molecule has 3 rings (SSSR count). The Morgan fingerprint density at radius 1 is 1.08 bits per heavy atom. The molecule has 0 saturated carbocycles. The number of hydrogen-bond donors (Lipinski definition) is 1. The van der Waals surface area contributed by atoms with Crippen LogP contribution in [0.5, 0.6) is 0 Å². The summed E-state index contributed by atoms with van der Waals surface area (Å²) >= 11 is 0. The van der Waals surface area contributed by atoms with Gasteiger partial charge in [-0.25, -0.2) is 0 Å². The highest BCUT2D eigenvalue weighted by Crippen LogP contribution is 2.34. The van der Waals surface area contributed by atoms with Crippen LogP contribution in [0.25, 0.3) is 10.8 Å². The van der Waals surface area contributed by atoms with Crippen LogP contribution in [0.2, 0.25) is 0 Å². The standard InChI is InChI=1S/C10H7N3/c1-2-4-8-7(3-1)5-6-9-10(8)12-13-11-9/h1-6H,(H,11,12)/q+1. The normalized spacial score (nSPS) is 12.9. The molecule has 1 aliphatic rings. The third-order valence-corrected chi connectivity index (χ3v) is 2.23. The maximum absolute atomic E-state index is 3.96. The van der Waals surface area contributed by atoms with Crippen LogP contribution >= 0.6 is 0 Å². The minimum Gasteiger partial charge on any atom is -0.0680 e. The summed E-state index contributed by atoms with van der Waals surface area (Å²) in [5.41, 5.74) is 4.83. The van der Waals surface area contributed by atoms with Gasteiger partial charge in [-0.3, -0.25) is 0 Å². The molecule has 1 N–H and O–H groups in total.